The van der Waals surface area contributed by atoms with Crippen LogP contribution >= 0.6 is 0 Å². The van der Waals surface area contributed by atoms with Crippen molar-refractivity contribution < 1.29 is 9.53 Å². The van der Waals surface area contributed by atoms with E-state index in [4.69, 9.17) is 16.2 Å². The Balaban J connectivity index is 2.10. The molecule has 1 saturated carbocycles. The third-order valence-electron chi connectivity index (χ3n) is 3.72. The maximum Gasteiger partial charge on any atom is 0.237 e. The largest absolute Gasteiger partial charge is 0.378 e. The van der Waals surface area contributed by atoms with Crippen LogP contribution in [0.5, 0.6) is 0 Å². The van der Waals surface area contributed by atoms with Crippen LogP contribution in [0.25, 0.3) is 0 Å². The van der Waals surface area contributed by atoms with Crippen molar-refractivity contribution in [3.63, 3.8) is 0 Å². The molecule has 0 aromatic heterocycles. The molecule has 0 aromatic rings. The van der Waals surface area contributed by atoms with Crippen LogP contribution in [0, 0.1) is 5.92 Å². The van der Waals surface area contributed by atoms with Gasteiger partial charge in [-0.15, -0.1) is 0 Å². The van der Waals surface area contributed by atoms with Crippen molar-refractivity contribution >= 4 is 5.91 Å². The van der Waals surface area contributed by atoms with Crippen molar-refractivity contribution in [1.82, 2.24) is 0 Å². The Kier molecular flexibility index (Phi) is 5.40. The lowest BCUT2D eigenvalue weighted by Crippen LogP contribution is -2.49. The molecule has 4 heteroatoms. The highest BCUT2D eigenvalue weighted by Crippen LogP contribution is 2.25. The first-order valence-corrected chi connectivity index (χ1v) is 6.62. The summed E-state index contributed by atoms with van der Waals surface area (Å²) in [6.07, 6.45) is 6.64. The lowest BCUT2D eigenvalue weighted by atomic mass is 9.89. The second-order valence-electron chi connectivity index (χ2n) is 5.64. The van der Waals surface area contributed by atoms with Crippen LogP contribution in [0.4, 0.5) is 0 Å². The molecule has 0 aliphatic heterocycles. The zero-order chi connectivity index (χ0) is 12.9. The number of ether oxygens (including phenoxy) is 1. The van der Waals surface area contributed by atoms with Gasteiger partial charge in [0.15, 0.2) is 0 Å². The molecular formula is C13H26N2O2. The van der Waals surface area contributed by atoms with Gasteiger partial charge in [-0.05, 0) is 51.4 Å². The SMILES string of the molecule is CC1CCC(OCCCC(C)(N)C(N)=O)CC1. The first kappa shape index (κ1) is 14.5. The molecule has 1 atom stereocenters. The van der Waals surface area contributed by atoms with E-state index in [2.05, 4.69) is 6.92 Å². The van der Waals surface area contributed by atoms with Crippen LogP contribution in [-0.2, 0) is 9.53 Å². The van der Waals surface area contributed by atoms with E-state index in [0.29, 0.717) is 19.1 Å². The Morgan fingerprint density at radius 2 is 1.94 bits per heavy atom. The van der Waals surface area contributed by atoms with Gasteiger partial charge >= 0.3 is 0 Å². The first-order valence-electron chi connectivity index (χ1n) is 6.62. The van der Waals surface area contributed by atoms with Gasteiger partial charge in [0.1, 0.15) is 0 Å². The van der Waals surface area contributed by atoms with Crippen LogP contribution in [-0.4, -0.2) is 24.2 Å². The average Bonchev–Trinajstić information content (AvgIpc) is 2.26. The van der Waals surface area contributed by atoms with E-state index in [1.165, 1.54) is 12.8 Å². The Bertz CT molecular complexity index is 246. The zero-order valence-corrected chi connectivity index (χ0v) is 11.1. The topological polar surface area (TPSA) is 78.3 Å². The summed E-state index contributed by atoms with van der Waals surface area (Å²) >= 11 is 0. The van der Waals surface area contributed by atoms with Crippen molar-refractivity contribution in [1.29, 1.82) is 0 Å². The fraction of sp³-hybridized carbons (Fsp3) is 0.923. The van der Waals surface area contributed by atoms with Crippen molar-refractivity contribution in [3.8, 4) is 0 Å². The van der Waals surface area contributed by atoms with E-state index in [1.54, 1.807) is 6.92 Å². The highest BCUT2D eigenvalue weighted by atomic mass is 16.5. The Hall–Kier alpha value is -0.610. The highest BCUT2D eigenvalue weighted by Gasteiger charge is 2.25. The molecule has 17 heavy (non-hydrogen) atoms. The summed E-state index contributed by atoms with van der Waals surface area (Å²) in [5, 5.41) is 0. The van der Waals surface area contributed by atoms with E-state index in [-0.39, 0.29) is 0 Å². The molecule has 1 aliphatic rings. The molecule has 0 spiro atoms. The smallest absolute Gasteiger partial charge is 0.237 e. The van der Waals surface area contributed by atoms with Crippen molar-refractivity contribution in [2.45, 2.75) is 64.0 Å². The molecule has 0 saturated heterocycles. The summed E-state index contributed by atoms with van der Waals surface area (Å²) in [7, 11) is 0. The van der Waals surface area contributed by atoms with Crippen LogP contribution in [0.2, 0.25) is 0 Å². The molecule has 1 aliphatic carbocycles. The highest BCUT2D eigenvalue weighted by molar-refractivity contribution is 5.83. The second kappa shape index (κ2) is 6.36. The van der Waals surface area contributed by atoms with E-state index in [1.807, 2.05) is 0 Å². The number of rotatable bonds is 6. The summed E-state index contributed by atoms with van der Waals surface area (Å²) in [5.74, 6) is 0.404. The maximum absolute atomic E-state index is 11.0. The fourth-order valence-corrected chi connectivity index (χ4v) is 2.21. The summed E-state index contributed by atoms with van der Waals surface area (Å²) in [6, 6.07) is 0. The van der Waals surface area contributed by atoms with Crippen LogP contribution < -0.4 is 11.5 Å². The Morgan fingerprint density at radius 3 is 2.47 bits per heavy atom. The number of primary amides is 1. The van der Waals surface area contributed by atoms with Crippen molar-refractivity contribution in [2.75, 3.05) is 6.61 Å². The molecule has 1 amide bonds. The Labute approximate surface area is 104 Å². The standard InChI is InChI=1S/C13H26N2O2/c1-10-4-6-11(7-5-10)17-9-3-8-13(2,15)12(14)16/h10-11H,3-9,15H2,1-2H3,(H2,14,16). The van der Waals surface area contributed by atoms with Gasteiger partial charge < -0.3 is 16.2 Å². The van der Waals surface area contributed by atoms with Crippen LogP contribution in [0.3, 0.4) is 0 Å². The molecule has 0 aromatic carbocycles. The van der Waals surface area contributed by atoms with Gasteiger partial charge in [0.25, 0.3) is 0 Å². The molecule has 0 bridgehead atoms. The third-order valence-corrected chi connectivity index (χ3v) is 3.72. The number of carbonyl (C=O) groups excluding carboxylic acids is 1. The van der Waals surface area contributed by atoms with Gasteiger partial charge in [0.05, 0.1) is 11.6 Å². The lowest BCUT2D eigenvalue weighted by molar-refractivity contribution is -0.122. The van der Waals surface area contributed by atoms with E-state index < -0.39 is 11.4 Å². The monoisotopic (exact) mass is 242 g/mol. The molecular weight excluding hydrogens is 216 g/mol. The minimum atomic E-state index is -0.898. The van der Waals surface area contributed by atoms with E-state index >= 15 is 0 Å². The summed E-state index contributed by atoms with van der Waals surface area (Å²) in [6.45, 7) is 4.65. The van der Waals surface area contributed by atoms with Crippen molar-refractivity contribution in [2.24, 2.45) is 17.4 Å². The number of amides is 1. The molecule has 1 unspecified atom stereocenters. The molecule has 1 rings (SSSR count). The quantitative estimate of drug-likeness (QED) is 0.694. The van der Waals surface area contributed by atoms with Crippen LogP contribution in [0.1, 0.15) is 52.4 Å². The van der Waals surface area contributed by atoms with Crippen LogP contribution in [0.15, 0.2) is 0 Å². The summed E-state index contributed by atoms with van der Waals surface area (Å²) in [5.41, 5.74) is 10.1. The Morgan fingerprint density at radius 1 is 1.35 bits per heavy atom. The normalized spacial score (nSPS) is 28.6. The zero-order valence-electron chi connectivity index (χ0n) is 11.1. The van der Waals surface area contributed by atoms with Crippen molar-refractivity contribution in [3.05, 3.63) is 0 Å². The van der Waals surface area contributed by atoms with Gasteiger partial charge in [-0.1, -0.05) is 6.92 Å². The average molecular weight is 242 g/mol. The van der Waals surface area contributed by atoms with Gasteiger partial charge in [-0.25, -0.2) is 0 Å². The predicted molar refractivity (Wildman–Crippen MR) is 68.4 cm³/mol. The minimum absolute atomic E-state index is 0.406. The maximum atomic E-state index is 11.0. The molecule has 4 nitrogen and oxygen atoms in total. The number of hydrogen-bond donors (Lipinski definition) is 2. The molecule has 1 fully saturated rings. The van der Waals surface area contributed by atoms with Gasteiger partial charge in [0, 0.05) is 6.61 Å². The second-order valence-corrected chi connectivity index (χ2v) is 5.64. The first-order chi connectivity index (χ1) is 7.92. The number of hydrogen-bond acceptors (Lipinski definition) is 3. The molecule has 100 valence electrons. The van der Waals surface area contributed by atoms with Gasteiger partial charge in [-0.3, -0.25) is 4.79 Å². The van der Waals surface area contributed by atoms with Gasteiger partial charge in [-0.2, -0.15) is 0 Å². The van der Waals surface area contributed by atoms with Gasteiger partial charge in [0.2, 0.25) is 5.91 Å². The summed E-state index contributed by atoms with van der Waals surface area (Å²) < 4.78 is 5.80. The van der Waals surface area contributed by atoms with E-state index in [0.717, 1.165) is 25.2 Å². The fourth-order valence-electron chi connectivity index (χ4n) is 2.21. The minimum Gasteiger partial charge on any atom is -0.378 e. The number of nitrogens with two attached hydrogens (primary N) is 2. The molecule has 0 radical (unpaired) electrons. The van der Waals surface area contributed by atoms with E-state index in [9.17, 15) is 4.79 Å². The molecule has 4 N–H and O–H groups in total. The summed E-state index contributed by atoms with van der Waals surface area (Å²) in [4.78, 5) is 11.0. The molecule has 0 heterocycles. The lowest BCUT2D eigenvalue weighted by Gasteiger charge is -2.27. The number of carbonyl (C=O) groups is 1. The predicted octanol–water partition coefficient (Wildman–Crippen LogP) is 1.56. The third kappa shape index (κ3) is 5.04.